The van der Waals surface area contributed by atoms with Gasteiger partial charge in [-0.05, 0) is 37.0 Å². The lowest BCUT2D eigenvalue weighted by Gasteiger charge is -2.31. The first-order valence-corrected chi connectivity index (χ1v) is 10.0. The summed E-state index contributed by atoms with van der Waals surface area (Å²) in [6.45, 7) is 2.27. The Bertz CT molecular complexity index is 1000. The second-order valence-corrected chi connectivity index (χ2v) is 7.77. The maximum Gasteiger partial charge on any atom is 0.294 e. The second kappa shape index (κ2) is 7.52. The molecule has 0 saturated heterocycles. The van der Waals surface area contributed by atoms with Crippen LogP contribution in [0, 0.1) is 16.0 Å². The van der Waals surface area contributed by atoms with Crippen LogP contribution in [-0.4, -0.2) is 9.49 Å². The van der Waals surface area contributed by atoms with Crippen molar-refractivity contribution in [3.05, 3.63) is 63.0 Å². The van der Waals surface area contributed by atoms with Crippen LogP contribution >= 0.6 is 11.3 Å². The van der Waals surface area contributed by atoms with Gasteiger partial charge < -0.3 is 8.98 Å². The quantitative estimate of drug-likeness (QED) is 0.428. The normalized spacial score (nSPS) is 20.7. The zero-order chi connectivity index (χ0) is 18.8. The Kier molecular flexibility index (Phi) is 4.94. The van der Waals surface area contributed by atoms with Gasteiger partial charge in [0.1, 0.15) is 5.69 Å². The predicted octanol–water partition coefficient (Wildman–Crippen LogP) is 5.70. The molecule has 2 unspecified atom stereocenters. The molecule has 1 aromatic carbocycles. The summed E-state index contributed by atoms with van der Waals surface area (Å²) >= 11 is 1.50. The number of hydrogen-bond acceptors (Lipinski definition) is 5. The average molecular weight is 383 g/mol. The van der Waals surface area contributed by atoms with E-state index in [9.17, 15) is 10.1 Å². The number of para-hydroxylation sites is 2. The molecule has 1 fully saturated rings. The molecule has 2 aromatic heterocycles. The Balaban J connectivity index is 1.90. The van der Waals surface area contributed by atoms with E-state index in [0.29, 0.717) is 17.6 Å². The van der Waals surface area contributed by atoms with Crippen LogP contribution in [0.25, 0.3) is 11.5 Å². The molecule has 0 radical (unpaired) electrons. The first-order valence-electron chi connectivity index (χ1n) is 9.17. The van der Waals surface area contributed by atoms with Crippen molar-refractivity contribution in [2.24, 2.45) is 10.9 Å². The molecule has 1 saturated carbocycles. The SMILES string of the molecule is CC1CCCCC1n1c(-c2ccco2)csc1=Nc1ccccc1[N+](=O)[O-]. The Labute approximate surface area is 161 Å². The molecule has 0 spiro atoms. The van der Waals surface area contributed by atoms with E-state index in [4.69, 9.17) is 9.41 Å². The molecule has 6 nitrogen and oxygen atoms in total. The van der Waals surface area contributed by atoms with Crippen LogP contribution in [0.15, 0.2) is 57.5 Å². The molecule has 7 heteroatoms. The van der Waals surface area contributed by atoms with Gasteiger partial charge in [0.15, 0.2) is 10.6 Å². The highest BCUT2D eigenvalue weighted by molar-refractivity contribution is 7.07. The fourth-order valence-electron chi connectivity index (χ4n) is 3.82. The zero-order valence-electron chi connectivity index (χ0n) is 15.1. The number of furan rings is 1. The van der Waals surface area contributed by atoms with Gasteiger partial charge in [0.25, 0.3) is 5.69 Å². The van der Waals surface area contributed by atoms with Crippen molar-refractivity contribution in [1.29, 1.82) is 0 Å². The molecule has 1 aliphatic rings. The number of benzene rings is 1. The van der Waals surface area contributed by atoms with Crippen molar-refractivity contribution in [2.45, 2.75) is 38.6 Å². The molecule has 3 aromatic rings. The van der Waals surface area contributed by atoms with Crippen molar-refractivity contribution in [3.8, 4) is 11.5 Å². The summed E-state index contributed by atoms with van der Waals surface area (Å²) in [4.78, 5) is 16.5. The highest BCUT2D eigenvalue weighted by Crippen LogP contribution is 2.36. The van der Waals surface area contributed by atoms with Gasteiger partial charge in [-0.2, -0.15) is 0 Å². The van der Waals surface area contributed by atoms with Crippen LogP contribution in [0.5, 0.6) is 0 Å². The van der Waals surface area contributed by atoms with E-state index in [1.807, 2.05) is 17.5 Å². The van der Waals surface area contributed by atoms with Crippen LogP contribution in [0.3, 0.4) is 0 Å². The standard InChI is InChI=1S/C20H21N3O3S/c1-14-7-2-4-9-16(14)22-18(19-11-6-12-26-19)13-27-20(22)21-15-8-3-5-10-17(15)23(24)25/h3,5-6,8,10-14,16H,2,4,7,9H2,1H3. The van der Waals surface area contributed by atoms with Gasteiger partial charge in [-0.1, -0.05) is 31.9 Å². The van der Waals surface area contributed by atoms with Crippen LogP contribution in [0.4, 0.5) is 11.4 Å². The lowest BCUT2D eigenvalue weighted by molar-refractivity contribution is -0.384. The average Bonchev–Trinajstić information content (AvgIpc) is 3.32. The molecule has 27 heavy (non-hydrogen) atoms. The Morgan fingerprint density at radius 1 is 1.22 bits per heavy atom. The van der Waals surface area contributed by atoms with Gasteiger partial charge >= 0.3 is 0 Å². The summed E-state index contributed by atoms with van der Waals surface area (Å²) in [6.07, 6.45) is 6.35. The number of nitro groups is 1. The van der Waals surface area contributed by atoms with E-state index in [0.717, 1.165) is 22.7 Å². The van der Waals surface area contributed by atoms with Gasteiger partial charge in [0.05, 0.1) is 16.9 Å². The van der Waals surface area contributed by atoms with Crippen LogP contribution in [0.1, 0.15) is 38.6 Å². The number of nitro benzene ring substituents is 1. The zero-order valence-corrected chi connectivity index (χ0v) is 15.9. The van der Waals surface area contributed by atoms with Crippen molar-refractivity contribution in [3.63, 3.8) is 0 Å². The molecular weight excluding hydrogens is 362 g/mol. The minimum Gasteiger partial charge on any atom is -0.463 e. The third-order valence-corrected chi connectivity index (χ3v) is 6.05. The summed E-state index contributed by atoms with van der Waals surface area (Å²) in [6, 6.07) is 10.8. The van der Waals surface area contributed by atoms with Crippen LogP contribution < -0.4 is 4.80 Å². The largest absolute Gasteiger partial charge is 0.463 e. The Morgan fingerprint density at radius 2 is 2.04 bits per heavy atom. The van der Waals surface area contributed by atoms with E-state index in [2.05, 4.69) is 11.5 Å². The number of hydrogen-bond donors (Lipinski definition) is 0. The van der Waals surface area contributed by atoms with Crippen LogP contribution in [0.2, 0.25) is 0 Å². The maximum absolute atomic E-state index is 11.4. The fraction of sp³-hybridized carbons (Fsp3) is 0.350. The highest BCUT2D eigenvalue weighted by Gasteiger charge is 2.27. The number of thiazole rings is 1. The van der Waals surface area contributed by atoms with E-state index in [1.165, 1.54) is 36.7 Å². The second-order valence-electron chi connectivity index (χ2n) is 6.94. The molecule has 0 bridgehead atoms. The monoisotopic (exact) mass is 383 g/mol. The summed E-state index contributed by atoms with van der Waals surface area (Å²) < 4.78 is 7.87. The number of rotatable bonds is 4. The molecule has 4 rings (SSSR count). The molecule has 0 N–H and O–H groups in total. The van der Waals surface area contributed by atoms with Gasteiger partial charge in [0, 0.05) is 17.5 Å². The van der Waals surface area contributed by atoms with E-state index < -0.39 is 0 Å². The fourth-order valence-corrected chi connectivity index (χ4v) is 4.77. The highest BCUT2D eigenvalue weighted by atomic mass is 32.1. The Hall–Kier alpha value is -2.67. The molecule has 2 atom stereocenters. The smallest absolute Gasteiger partial charge is 0.294 e. The van der Waals surface area contributed by atoms with Gasteiger partial charge in [-0.3, -0.25) is 10.1 Å². The number of nitrogens with zero attached hydrogens (tertiary/aromatic N) is 3. The summed E-state index contributed by atoms with van der Waals surface area (Å²) in [5.74, 6) is 1.32. The predicted molar refractivity (Wildman–Crippen MR) is 105 cm³/mol. The van der Waals surface area contributed by atoms with Crippen molar-refractivity contribution in [2.75, 3.05) is 0 Å². The third kappa shape index (κ3) is 3.47. The van der Waals surface area contributed by atoms with E-state index >= 15 is 0 Å². The molecule has 140 valence electrons. The van der Waals surface area contributed by atoms with Gasteiger partial charge in [0.2, 0.25) is 0 Å². The first kappa shape index (κ1) is 17.7. The molecule has 0 aliphatic heterocycles. The van der Waals surface area contributed by atoms with Crippen LogP contribution in [-0.2, 0) is 0 Å². The van der Waals surface area contributed by atoms with E-state index in [1.54, 1.807) is 24.5 Å². The maximum atomic E-state index is 11.4. The topological polar surface area (TPSA) is 73.6 Å². The van der Waals surface area contributed by atoms with Crippen molar-refractivity contribution < 1.29 is 9.34 Å². The molecule has 1 aliphatic carbocycles. The third-order valence-electron chi connectivity index (χ3n) is 5.21. The van der Waals surface area contributed by atoms with Crippen molar-refractivity contribution >= 4 is 22.7 Å². The summed E-state index contributed by atoms with van der Waals surface area (Å²) in [5, 5.41) is 13.4. The van der Waals surface area contributed by atoms with E-state index in [-0.39, 0.29) is 10.6 Å². The minimum absolute atomic E-state index is 0.0219. The van der Waals surface area contributed by atoms with Gasteiger partial charge in [-0.15, -0.1) is 11.3 Å². The molecule has 2 heterocycles. The lowest BCUT2D eigenvalue weighted by Crippen LogP contribution is -2.28. The summed E-state index contributed by atoms with van der Waals surface area (Å²) in [7, 11) is 0. The summed E-state index contributed by atoms with van der Waals surface area (Å²) in [5.41, 5.74) is 1.39. The Morgan fingerprint density at radius 3 is 2.78 bits per heavy atom. The molecular formula is C20H21N3O3S. The number of aromatic nitrogens is 1. The lowest BCUT2D eigenvalue weighted by atomic mass is 9.85. The van der Waals surface area contributed by atoms with Crippen molar-refractivity contribution in [1.82, 2.24) is 4.57 Å². The first-order chi connectivity index (χ1) is 13.1. The molecule has 0 amide bonds. The minimum atomic E-state index is -0.381. The van der Waals surface area contributed by atoms with Gasteiger partial charge in [-0.25, -0.2) is 4.99 Å².